The fourth-order valence-electron chi connectivity index (χ4n) is 0.191. The lowest BCUT2D eigenvalue weighted by atomic mass is 10.0. The van der Waals surface area contributed by atoms with Gasteiger partial charge in [0.2, 0.25) is 0 Å². The molecule has 0 rings (SSSR count). The number of nitro groups is 1. The Kier molecular flexibility index (Phi) is 8.35. The smallest absolute Gasteiger partial charge is 0.258 e. The molecule has 1 atom stereocenters. The Morgan fingerprint density at radius 2 is 1.60 bits per heavy atom. The molecule has 7 nitrogen and oxygen atoms in total. The van der Waals surface area contributed by atoms with Gasteiger partial charge in [-0.3, -0.25) is 10.1 Å². The number of aliphatic hydroxyl groups excluding tert-OH is 3. The number of nitrogens with zero attached hydrogens (tertiary/aromatic N) is 1. The second kappa shape index (κ2) is 7.52. The molecule has 0 saturated heterocycles. The second-order valence-corrected chi connectivity index (χ2v) is 3.63. The zero-order valence-electron chi connectivity index (χ0n) is 9.12. The molecule has 0 aliphatic heterocycles. The van der Waals surface area contributed by atoms with Crippen LogP contribution in [-0.2, 0) is 0 Å². The summed E-state index contributed by atoms with van der Waals surface area (Å²) in [5.41, 5.74) is -0.944. The van der Waals surface area contributed by atoms with E-state index < -0.39 is 35.9 Å². The van der Waals surface area contributed by atoms with E-state index in [0.717, 1.165) is 0 Å². The van der Waals surface area contributed by atoms with Crippen molar-refractivity contribution in [3.63, 3.8) is 0 Å². The van der Waals surface area contributed by atoms with Crippen LogP contribution in [0.2, 0.25) is 0 Å². The van der Waals surface area contributed by atoms with Gasteiger partial charge < -0.3 is 20.4 Å². The summed E-state index contributed by atoms with van der Waals surface area (Å²) in [6.45, 7) is 3.47. The second-order valence-electron chi connectivity index (χ2n) is 3.63. The van der Waals surface area contributed by atoms with Gasteiger partial charge in [-0.1, -0.05) is 0 Å². The standard InChI is InChI=1S/C5H12O2.C3H7NO4/c1-4(6)5(2,3)7;5-1-3(2-6)4(7)8/h4,6-7H,1-3H3;3,5-6H,1-2H2. The maximum Gasteiger partial charge on any atom is 0.258 e. The third-order valence-corrected chi connectivity index (χ3v) is 1.74. The molecule has 0 aliphatic rings. The van der Waals surface area contributed by atoms with Gasteiger partial charge in [0.1, 0.15) is 13.2 Å². The first-order valence-electron chi connectivity index (χ1n) is 4.42. The van der Waals surface area contributed by atoms with Crippen LogP contribution in [0.15, 0.2) is 0 Å². The highest BCUT2D eigenvalue weighted by atomic mass is 16.6. The summed E-state index contributed by atoms with van der Waals surface area (Å²) in [6, 6.07) is -1.21. The Labute approximate surface area is 88.1 Å². The number of hydrogen-bond acceptors (Lipinski definition) is 6. The monoisotopic (exact) mass is 225 g/mol. The van der Waals surface area contributed by atoms with Crippen molar-refractivity contribution < 1.29 is 25.3 Å². The fourth-order valence-corrected chi connectivity index (χ4v) is 0.191. The lowest BCUT2D eigenvalue weighted by Crippen LogP contribution is -2.32. The summed E-state index contributed by atoms with van der Waals surface area (Å²) < 4.78 is 0. The number of aliphatic hydroxyl groups is 4. The molecule has 0 aromatic carbocycles. The van der Waals surface area contributed by atoms with E-state index in [-0.39, 0.29) is 0 Å². The molecule has 0 aromatic heterocycles. The number of rotatable bonds is 4. The molecule has 0 saturated carbocycles. The predicted octanol–water partition coefficient (Wildman–Crippen LogP) is -1.25. The van der Waals surface area contributed by atoms with E-state index in [0.29, 0.717) is 0 Å². The van der Waals surface area contributed by atoms with Gasteiger partial charge in [0.25, 0.3) is 6.04 Å². The van der Waals surface area contributed by atoms with E-state index in [1.165, 1.54) is 0 Å². The summed E-state index contributed by atoms with van der Waals surface area (Å²) >= 11 is 0. The van der Waals surface area contributed by atoms with E-state index in [1.54, 1.807) is 20.8 Å². The summed E-state index contributed by atoms with van der Waals surface area (Å²) in [5, 5.41) is 43.3. The third-order valence-electron chi connectivity index (χ3n) is 1.74. The van der Waals surface area contributed by atoms with Gasteiger partial charge >= 0.3 is 0 Å². The van der Waals surface area contributed by atoms with E-state index >= 15 is 0 Å². The predicted molar refractivity (Wildman–Crippen MR) is 52.9 cm³/mol. The first-order chi connectivity index (χ1) is 6.66. The van der Waals surface area contributed by atoms with Crippen molar-refractivity contribution in [2.45, 2.75) is 38.5 Å². The van der Waals surface area contributed by atoms with Crippen LogP contribution in [0.5, 0.6) is 0 Å². The lowest BCUT2D eigenvalue weighted by molar-refractivity contribution is -0.528. The Hall–Kier alpha value is -0.760. The first kappa shape index (κ1) is 16.7. The average molecular weight is 225 g/mol. The van der Waals surface area contributed by atoms with Crippen LogP contribution in [0.4, 0.5) is 0 Å². The molecule has 0 aliphatic carbocycles. The fraction of sp³-hybridized carbons (Fsp3) is 1.00. The van der Waals surface area contributed by atoms with E-state index in [2.05, 4.69) is 0 Å². The van der Waals surface area contributed by atoms with E-state index in [1.807, 2.05) is 0 Å². The molecule has 0 radical (unpaired) electrons. The molecule has 4 N–H and O–H groups in total. The molecule has 7 heteroatoms. The Balaban J connectivity index is 0. The maximum atomic E-state index is 9.65. The summed E-state index contributed by atoms with van der Waals surface area (Å²) in [5.74, 6) is 0. The van der Waals surface area contributed by atoms with Gasteiger partial charge in [-0.15, -0.1) is 0 Å². The summed E-state index contributed by atoms with van der Waals surface area (Å²) in [7, 11) is 0. The Morgan fingerprint density at radius 3 is 1.60 bits per heavy atom. The largest absolute Gasteiger partial charge is 0.390 e. The average Bonchev–Trinajstić information content (AvgIpc) is 2.04. The van der Waals surface area contributed by atoms with Gasteiger partial charge in [-0.05, 0) is 20.8 Å². The van der Waals surface area contributed by atoms with Gasteiger partial charge in [-0.2, -0.15) is 0 Å². The van der Waals surface area contributed by atoms with Crippen LogP contribution in [0, 0.1) is 10.1 Å². The maximum absolute atomic E-state index is 9.65. The molecular formula is C8H19NO6. The van der Waals surface area contributed by atoms with Crippen molar-refractivity contribution >= 4 is 0 Å². The molecule has 0 aromatic rings. The number of hydrogen-bond donors (Lipinski definition) is 4. The van der Waals surface area contributed by atoms with Crippen molar-refractivity contribution in [1.29, 1.82) is 0 Å². The zero-order chi connectivity index (χ0) is 12.6. The summed E-state index contributed by atoms with van der Waals surface area (Å²) in [4.78, 5) is 8.92. The molecule has 0 heterocycles. The molecule has 0 fully saturated rings. The minimum absolute atomic E-state index is 0.608. The normalized spacial score (nSPS) is 13.1. The van der Waals surface area contributed by atoms with Crippen molar-refractivity contribution in [3.8, 4) is 0 Å². The van der Waals surface area contributed by atoms with Crippen LogP contribution in [0.3, 0.4) is 0 Å². The Bertz CT molecular complexity index is 172. The van der Waals surface area contributed by atoms with Crippen LogP contribution in [0.1, 0.15) is 20.8 Å². The zero-order valence-corrected chi connectivity index (χ0v) is 9.12. The Morgan fingerprint density at radius 1 is 1.33 bits per heavy atom. The molecule has 0 spiro atoms. The molecule has 1 unspecified atom stereocenters. The van der Waals surface area contributed by atoms with Crippen molar-refractivity contribution in [2.24, 2.45) is 0 Å². The van der Waals surface area contributed by atoms with Crippen molar-refractivity contribution in [3.05, 3.63) is 10.1 Å². The molecule has 15 heavy (non-hydrogen) atoms. The van der Waals surface area contributed by atoms with Gasteiger partial charge in [0, 0.05) is 4.92 Å². The van der Waals surface area contributed by atoms with Gasteiger partial charge in [0.05, 0.1) is 11.7 Å². The van der Waals surface area contributed by atoms with E-state index in [4.69, 9.17) is 20.4 Å². The highest BCUT2D eigenvalue weighted by Gasteiger charge is 2.18. The van der Waals surface area contributed by atoms with E-state index in [9.17, 15) is 10.1 Å². The van der Waals surface area contributed by atoms with Crippen LogP contribution < -0.4 is 0 Å². The molecule has 0 amide bonds. The topological polar surface area (TPSA) is 124 Å². The highest BCUT2D eigenvalue weighted by Crippen LogP contribution is 2.05. The lowest BCUT2D eigenvalue weighted by Gasteiger charge is -2.19. The minimum Gasteiger partial charge on any atom is -0.390 e. The first-order valence-corrected chi connectivity index (χ1v) is 4.42. The van der Waals surface area contributed by atoms with Crippen molar-refractivity contribution in [2.75, 3.05) is 13.2 Å². The van der Waals surface area contributed by atoms with Gasteiger partial charge in [-0.25, -0.2) is 0 Å². The minimum atomic E-state index is -1.21. The molecule has 0 bridgehead atoms. The van der Waals surface area contributed by atoms with Crippen LogP contribution in [0.25, 0.3) is 0 Å². The summed E-state index contributed by atoms with van der Waals surface area (Å²) in [6.07, 6.45) is -0.646. The van der Waals surface area contributed by atoms with Crippen LogP contribution in [-0.4, -0.2) is 56.3 Å². The quantitative estimate of drug-likeness (QED) is 0.350. The third kappa shape index (κ3) is 9.54. The van der Waals surface area contributed by atoms with Crippen molar-refractivity contribution in [1.82, 2.24) is 0 Å². The molecular weight excluding hydrogens is 206 g/mol. The SMILES string of the molecule is CC(O)C(C)(C)O.O=[N+]([O-])C(CO)CO. The molecule has 92 valence electrons. The highest BCUT2D eigenvalue weighted by molar-refractivity contribution is 4.70. The van der Waals surface area contributed by atoms with Gasteiger partial charge in [0.15, 0.2) is 0 Å². The van der Waals surface area contributed by atoms with Crippen LogP contribution >= 0.6 is 0 Å².